The second-order valence-corrected chi connectivity index (χ2v) is 6.71. The third kappa shape index (κ3) is 5.03. The standard InChI is InChI=1S/C16H16N2O6S/c1-10(24-16(21)11-2-6-13(19)7-3-11)15(20)18-12-4-8-14(9-5-12)25(17,22)23/h2-10,19H,1H3,(H,18,20)(H2,17,22,23)/t10-/m1/s1. The lowest BCUT2D eigenvalue weighted by Gasteiger charge is -2.13. The summed E-state index contributed by atoms with van der Waals surface area (Å²) >= 11 is 0. The van der Waals surface area contributed by atoms with Gasteiger partial charge >= 0.3 is 5.97 Å². The average molecular weight is 364 g/mol. The molecule has 0 radical (unpaired) electrons. The Balaban J connectivity index is 1.98. The number of hydrogen-bond acceptors (Lipinski definition) is 6. The van der Waals surface area contributed by atoms with Crippen molar-refractivity contribution in [3.05, 3.63) is 54.1 Å². The Labute approximate surface area is 144 Å². The van der Waals surface area contributed by atoms with Gasteiger partial charge in [-0.3, -0.25) is 4.79 Å². The molecular weight excluding hydrogens is 348 g/mol. The summed E-state index contributed by atoms with van der Waals surface area (Å²) in [5, 5.41) is 16.7. The minimum Gasteiger partial charge on any atom is -0.508 e. The van der Waals surface area contributed by atoms with E-state index in [1.165, 1.54) is 55.5 Å². The number of carbonyl (C=O) groups is 2. The van der Waals surface area contributed by atoms with E-state index in [-0.39, 0.29) is 16.2 Å². The van der Waals surface area contributed by atoms with Gasteiger partial charge in [-0.15, -0.1) is 0 Å². The SMILES string of the molecule is C[C@@H](OC(=O)c1ccc(O)cc1)C(=O)Nc1ccc(S(N)(=O)=O)cc1. The van der Waals surface area contributed by atoms with Crippen molar-refractivity contribution >= 4 is 27.6 Å². The molecule has 0 aromatic heterocycles. The van der Waals surface area contributed by atoms with Crippen LogP contribution in [0.1, 0.15) is 17.3 Å². The van der Waals surface area contributed by atoms with Crippen LogP contribution in [-0.4, -0.2) is 31.5 Å². The molecule has 25 heavy (non-hydrogen) atoms. The number of aromatic hydroxyl groups is 1. The molecule has 0 bridgehead atoms. The predicted molar refractivity (Wildman–Crippen MR) is 89.4 cm³/mol. The number of nitrogens with two attached hydrogens (primary N) is 1. The molecule has 2 aromatic carbocycles. The fourth-order valence-corrected chi connectivity index (χ4v) is 2.37. The first kappa shape index (κ1) is 18.4. The number of primary sulfonamides is 1. The summed E-state index contributed by atoms with van der Waals surface area (Å²) in [7, 11) is -3.81. The lowest BCUT2D eigenvalue weighted by atomic mass is 10.2. The van der Waals surface area contributed by atoms with Crippen molar-refractivity contribution in [1.82, 2.24) is 0 Å². The first-order valence-electron chi connectivity index (χ1n) is 7.10. The zero-order chi connectivity index (χ0) is 18.6. The van der Waals surface area contributed by atoms with Gasteiger partial charge in [0.1, 0.15) is 5.75 Å². The maximum Gasteiger partial charge on any atom is 0.338 e. The van der Waals surface area contributed by atoms with Crippen molar-refractivity contribution in [2.45, 2.75) is 17.9 Å². The van der Waals surface area contributed by atoms with E-state index in [2.05, 4.69) is 5.32 Å². The molecular formula is C16H16N2O6S. The van der Waals surface area contributed by atoms with Crippen molar-refractivity contribution in [3.8, 4) is 5.75 Å². The molecule has 2 aromatic rings. The number of anilines is 1. The fourth-order valence-electron chi connectivity index (χ4n) is 1.85. The van der Waals surface area contributed by atoms with Crippen LogP contribution in [0.3, 0.4) is 0 Å². The molecule has 0 saturated heterocycles. The maximum atomic E-state index is 12.0. The summed E-state index contributed by atoms with van der Waals surface area (Å²) in [6.45, 7) is 1.40. The molecule has 0 aliphatic rings. The van der Waals surface area contributed by atoms with Gasteiger partial charge in [0.25, 0.3) is 5.91 Å². The molecule has 0 spiro atoms. The van der Waals surface area contributed by atoms with Gasteiger partial charge in [-0.25, -0.2) is 18.4 Å². The largest absolute Gasteiger partial charge is 0.508 e. The van der Waals surface area contributed by atoms with Crippen molar-refractivity contribution < 1.29 is 27.9 Å². The van der Waals surface area contributed by atoms with Crippen molar-refractivity contribution in [2.75, 3.05) is 5.32 Å². The van der Waals surface area contributed by atoms with Crippen LogP contribution in [0.25, 0.3) is 0 Å². The molecule has 0 heterocycles. The molecule has 4 N–H and O–H groups in total. The predicted octanol–water partition coefficient (Wildman–Crippen LogP) is 1.22. The second-order valence-electron chi connectivity index (χ2n) is 5.15. The molecule has 8 nitrogen and oxygen atoms in total. The van der Waals surface area contributed by atoms with Gasteiger partial charge in [0.2, 0.25) is 10.0 Å². The highest BCUT2D eigenvalue weighted by Gasteiger charge is 2.19. The number of ether oxygens (including phenoxy) is 1. The zero-order valence-corrected chi connectivity index (χ0v) is 14.0. The quantitative estimate of drug-likeness (QED) is 0.683. The van der Waals surface area contributed by atoms with E-state index in [1.807, 2.05) is 0 Å². The molecule has 2 rings (SSSR count). The van der Waals surface area contributed by atoms with Crippen LogP contribution in [0.5, 0.6) is 5.75 Å². The van der Waals surface area contributed by atoms with E-state index in [4.69, 9.17) is 9.88 Å². The van der Waals surface area contributed by atoms with E-state index in [1.54, 1.807) is 0 Å². The summed E-state index contributed by atoms with van der Waals surface area (Å²) in [4.78, 5) is 23.9. The number of phenolic OH excluding ortho intramolecular Hbond substituents is 1. The highest BCUT2D eigenvalue weighted by Crippen LogP contribution is 2.14. The van der Waals surface area contributed by atoms with Crippen molar-refractivity contribution in [1.29, 1.82) is 0 Å². The minimum atomic E-state index is -3.81. The second kappa shape index (κ2) is 7.32. The smallest absolute Gasteiger partial charge is 0.338 e. The van der Waals surface area contributed by atoms with Crippen molar-refractivity contribution in [3.63, 3.8) is 0 Å². The van der Waals surface area contributed by atoms with E-state index < -0.39 is 28.0 Å². The number of rotatable bonds is 5. The molecule has 0 aliphatic carbocycles. The number of benzene rings is 2. The highest BCUT2D eigenvalue weighted by atomic mass is 32.2. The molecule has 1 atom stereocenters. The minimum absolute atomic E-state index is 0.00489. The zero-order valence-electron chi connectivity index (χ0n) is 13.2. The average Bonchev–Trinajstić information content (AvgIpc) is 2.55. The molecule has 0 unspecified atom stereocenters. The van der Waals surface area contributed by atoms with E-state index >= 15 is 0 Å². The molecule has 1 amide bonds. The Morgan fingerprint density at radius 3 is 2.16 bits per heavy atom. The van der Waals surface area contributed by atoms with Crippen LogP contribution in [-0.2, 0) is 19.6 Å². The lowest BCUT2D eigenvalue weighted by molar-refractivity contribution is -0.123. The first-order chi connectivity index (χ1) is 11.7. The number of phenols is 1. The Morgan fingerprint density at radius 1 is 1.08 bits per heavy atom. The first-order valence-corrected chi connectivity index (χ1v) is 8.65. The number of hydrogen-bond donors (Lipinski definition) is 3. The Morgan fingerprint density at radius 2 is 1.64 bits per heavy atom. The number of amides is 1. The number of esters is 1. The van der Waals surface area contributed by atoms with Gasteiger partial charge in [-0.1, -0.05) is 0 Å². The van der Waals surface area contributed by atoms with Crippen LogP contribution < -0.4 is 10.5 Å². The van der Waals surface area contributed by atoms with Gasteiger partial charge in [-0.2, -0.15) is 0 Å². The molecule has 132 valence electrons. The third-order valence-electron chi connectivity index (χ3n) is 3.21. The summed E-state index contributed by atoms with van der Waals surface area (Å²) in [6, 6.07) is 10.6. The van der Waals surface area contributed by atoms with Crippen molar-refractivity contribution in [2.24, 2.45) is 5.14 Å². The Bertz CT molecular complexity index is 876. The molecule has 0 aliphatic heterocycles. The maximum absolute atomic E-state index is 12.0. The van der Waals surface area contributed by atoms with Crippen LogP contribution in [0, 0.1) is 0 Å². The summed E-state index contributed by atoms with van der Waals surface area (Å²) in [6.07, 6.45) is -1.08. The fraction of sp³-hybridized carbons (Fsp3) is 0.125. The van der Waals surface area contributed by atoms with Gasteiger partial charge in [-0.05, 0) is 55.5 Å². The number of carbonyl (C=O) groups excluding carboxylic acids is 2. The summed E-state index contributed by atoms with van der Waals surface area (Å²) in [5.41, 5.74) is 0.514. The molecule has 0 saturated carbocycles. The van der Waals surface area contributed by atoms with Crippen LogP contribution in [0.15, 0.2) is 53.4 Å². The Hall–Kier alpha value is -2.91. The topological polar surface area (TPSA) is 136 Å². The Kier molecular flexibility index (Phi) is 5.40. The van der Waals surface area contributed by atoms with Crippen LogP contribution in [0.4, 0.5) is 5.69 Å². The van der Waals surface area contributed by atoms with Gasteiger partial charge in [0, 0.05) is 5.69 Å². The van der Waals surface area contributed by atoms with Crippen LogP contribution >= 0.6 is 0 Å². The summed E-state index contributed by atoms with van der Waals surface area (Å²) in [5.74, 6) is -1.30. The van der Waals surface area contributed by atoms with Crippen LogP contribution in [0.2, 0.25) is 0 Å². The van der Waals surface area contributed by atoms with Gasteiger partial charge in [0.05, 0.1) is 10.5 Å². The van der Waals surface area contributed by atoms with Gasteiger partial charge < -0.3 is 15.2 Å². The van der Waals surface area contributed by atoms with E-state index in [0.717, 1.165) is 0 Å². The highest BCUT2D eigenvalue weighted by molar-refractivity contribution is 7.89. The lowest BCUT2D eigenvalue weighted by Crippen LogP contribution is -2.30. The van der Waals surface area contributed by atoms with E-state index in [0.29, 0.717) is 5.69 Å². The van der Waals surface area contributed by atoms with E-state index in [9.17, 15) is 23.1 Å². The molecule has 9 heteroatoms. The number of nitrogens with one attached hydrogen (secondary N) is 1. The molecule has 0 fully saturated rings. The third-order valence-corrected chi connectivity index (χ3v) is 4.14. The van der Waals surface area contributed by atoms with Gasteiger partial charge in [0.15, 0.2) is 6.10 Å². The number of sulfonamides is 1. The monoisotopic (exact) mass is 364 g/mol. The normalized spacial score (nSPS) is 12.2. The summed E-state index contributed by atoms with van der Waals surface area (Å²) < 4.78 is 27.4.